The molecule has 0 unspecified atom stereocenters. The van der Waals surface area contributed by atoms with E-state index in [1.54, 1.807) is 24.3 Å². The van der Waals surface area contributed by atoms with Gasteiger partial charge in [0.25, 0.3) is 10.1 Å². The minimum absolute atomic E-state index is 0.176. The van der Waals surface area contributed by atoms with Gasteiger partial charge in [-0.15, -0.1) is 0 Å². The molecule has 1 aromatic carbocycles. The predicted octanol–water partition coefficient (Wildman–Crippen LogP) is 1.26. The van der Waals surface area contributed by atoms with Crippen LogP contribution in [-0.2, 0) is 23.8 Å². The topological polar surface area (TPSA) is 82.1 Å². The van der Waals surface area contributed by atoms with E-state index >= 15 is 0 Å². The highest BCUT2D eigenvalue weighted by atomic mass is 32.2. The Morgan fingerprint density at radius 3 is 2.18 bits per heavy atom. The van der Waals surface area contributed by atoms with Gasteiger partial charge in [0, 0.05) is 19.6 Å². The predicted molar refractivity (Wildman–Crippen MR) is 80.1 cm³/mol. The highest BCUT2D eigenvalue weighted by Crippen LogP contribution is 2.18. The standard InChI is InChI=1S/C11H14O4S.C4H8O2/c1-9-2-4-11(5-3-9)16(12,13)15-10-6-7-14-8-10;5-4-1-2-6-3-4/h2-5,10H,6-8H2,1H3;4-5H,1-3H2/t10-;4-/m11/s1. The van der Waals surface area contributed by atoms with Gasteiger partial charge < -0.3 is 14.6 Å². The molecule has 2 atom stereocenters. The fraction of sp³-hybridized carbons (Fsp3) is 0.600. The maximum Gasteiger partial charge on any atom is 0.297 e. The van der Waals surface area contributed by atoms with Crippen molar-refractivity contribution in [1.82, 2.24) is 0 Å². The number of aliphatic hydroxyl groups excluding tert-OH is 1. The van der Waals surface area contributed by atoms with Crippen LogP contribution in [0.2, 0.25) is 0 Å². The summed E-state index contributed by atoms with van der Waals surface area (Å²) in [5.74, 6) is 0. The zero-order valence-electron chi connectivity index (χ0n) is 12.6. The number of ether oxygens (including phenoxy) is 2. The van der Waals surface area contributed by atoms with Crippen molar-refractivity contribution in [1.29, 1.82) is 0 Å². The summed E-state index contributed by atoms with van der Waals surface area (Å²) in [5, 5.41) is 8.60. The van der Waals surface area contributed by atoms with Crippen LogP contribution in [0.1, 0.15) is 18.4 Å². The maximum atomic E-state index is 11.8. The first-order valence-corrected chi connectivity index (χ1v) is 8.72. The molecule has 0 amide bonds. The first-order valence-electron chi connectivity index (χ1n) is 7.31. The maximum absolute atomic E-state index is 11.8. The summed E-state index contributed by atoms with van der Waals surface area (Å²) in [6.07, 6.45) is 0.932. The van der Waals surface area contributed by atoms with Crippen LogP contribution in [0.25, 0.3) is 0 Å². The Kier molecular flexibility index (Phi) is 6.34. The normalized spacial score (nSPS) is 24.8. The average molecular weight is 330 g/mol. The SMILES string of the molecule is Cc1ccc(S(=O)(=O)O[C@@H]2CCOC2)cc1.O[C@@H]1CCOC1. The Balaban J connectivity index is 0.000000246. The zero-order valence-corrected chi connectivity index (χ0v) is 13.4. The van der Waals surface area contributed by atoms with Gasteiger partial charge >= 0.3 is 0 Å². The molecule has 0 radical (unpaired) electrons. The molecule has 2 aliphatic rings. The highest BCUT2D eigenvalue weighted by molar-refractivity contribution is 7.86. The van der Waals surface area contributed by atoms with Gasteiger partial charge in [0.1, 0.15) is 6.10 Å². The molecule has 0 aromatic heterocycles. The fourth-order valence-corrected chi connectivity index (χ4v) is 3.14. The van der Waals surface area contributed by atoms with Crippen molar-refractivity contribution in [3.63, 3.8) is 0 Å². The zero-order chi connectivity index (χ0) is 16.0. The van der Waals surface area contributed by atoms with Crippen molar-refractivity contribution in [2.45, 2.75) is 36.9 Å². The van der Waals surface area contributed by atoms with Crippen molar-refractivity contribution in [3.8, 4) is 0 Å². The van der Waals surface area contributed by atoms with E-state index in [9.17, 15) is 8.42 Å². The summed E-state index contributed by atoms with van der Waals surface area (Å²) >= 11 is 0. The molecule has 7 heteroatoms. The van der Waals surface area contributed by atoms with Crippen LogP contribution in [0.15, 0.2) is 29.2 Å². The summed E-state index contributed by atoms with van der Waals surface area (Å²) in [4.78, 5) is 0.199. The lowest BCUT2D eigenvalue weighted by molar-refractivity contribution is 0.127. The fourth-order valence-electron chi connectivity index (χ4n) is 2.05. The third-order valence-electron chi connectivity index (χ3n) is 3.37. The van der Waals surface area contributed by atoms with Crippen LogP contribution in [-0.4, -0.2) is 52.2 Å². The molecule has 1 N–H and O–H groups in total. The van der Waals surface area contributed by atoms with Gasteiger partial charge in [0.2, 0.25) is 0 Å². The van der Waals surface area contributed by atoms with Crippen LogP contribution >= 0.6 is 0 Å². The van der Waals surface area contributed by atoms with Crippen molar-refractivity contribution in [2.75, 3.05) is 26.4 Å². The van der Waals surface area contributed by atoms with Gasteiger partial charge in [0.05, 0.1) is 24.2 Å². The van der Waals surface area contributed by atoms with Gasteiger partial charge in [-0.1, -0.05) is 17.7 Å². The van der Waals surface area contributed by atoms with Crippen molar-refractivity contribution in [3.05, 3.63) is 29.8 Å². The summed E-state index contributed by atoms with van der Waals surface area (Å²) in [7, 11) is -3.64. The lowest BCUT2D eigenvalue weighted by atomic mass is 10.2. The van der Waals surface area contributed by atoms with Crippen LogP contribution in [0, 0.1) is 6.92 Å². The Labute approximate surface area is 131 Å². The second-order valence-corrected chi connectivity index (χ2v) is 6.94. The minimum atomic E-state index is -3.64. The number of benzene rings is 1. The number of hydrogen-bond acceptors (Lipinski definition) is 6. The molecular formula is C15H22O6S. The third kappa shape index (κ3) is 5.33. The minimum Gasteiger partial charge on any atom is -0.391 e. The van der Waals surface area contributed by atoms with E-state index in [2.05, 4.69) is 0 Å². The van der Waals surface area contributed by atoms with Gasteiger partial charge in [-0.2, -0.15) is 8.42 Å². The van der Waals surface area contributed by atoms with Crippen molar-refractivity contribution < 1.29 is 27.2 Å². The Hall–Kier alpha value is -0.990. The summed E-state index contributed by atoms with van der Waals surface area (Å²) < 4.78 is 38.6. The van der Waals surface area contributed by atoms with Crippen LogP contribution in [0.5, 0.6) is 0 Å². The van der Waals surface area contributed by atoms with E-state index in [0.29, 0.717) is 26.2 Å². The molecule has 0 spiro atoms. The first kappa shape index (κ1) is 17.4. The highest BCUT2D eigenvalue weighted by Gasteiger charge is 2.24. The van der Waals surface area contributed by atoms with Crippen LogP contribution in [0.3, 0.4) is 0 Å². The number of aliphatic hydroxyl groups is 1. The summed E-state index contributed by atoms with van der Waals surface area (Å²) in [5.41, 5.74) is 1.02. The van der Waals surface area contributed by atoms with Gasteiger partial charge in [-0.25, -0.2) is 0 Å². The third-order valence-corrected chi connectivity index (χ3v) is 4.74. The van der Waals surface area contributed by atoms with Gasteiger partial charge in [0.15, 0.2) is 0 Å². The molecule has 1 aromatic rings. The Morgan fingerprint density at radius 2 is 1.73 bits per heavy atom. The summed E-state index contributed by atoms with van der Waals surface area (Å²) in [6.45, 7) is 4.10. The monoisotopic (exact) mass is 330 g/mol. The Bertz CT molecular complexity index is 542. The van der Waals surface area contributed by atoms with E-state index in [-0.39, 0.29) is 17.1 Å². The molecule has 124 valence electrons. The summed E-state index contributed by atoms with van der Waals surface area (Å²) in [6, 6.07) is 6.61. The molecule has 0 saturated carbocycles. The smallest absolute Gasteiger partial charge is 0.297 e. The molecule has 6 nitrogen and oxygen atoms in total. The molecular weight excluding hydrogens is 308 g/mol. The molecule has 2 saturated heterocycles. The molecule has 2 aliphatic heterocycles. The van der Waals surface area contributed by atoms with Crippen LogP contribution < -0.4 is 0 Å². The number of rotatable bonds is 3. The second-order valence-electron chi connectivity index (χ2n) is 5.37. The first-order chi connectivity index (χ1) is 10.5. The van der Waals surface area contributed by atoms with Crippen molar-refractivity contribution in [2.24, 2.45) is 0 Å². The van der Waals surface area contributed by atoms with E-state index < -0.39 is 10.1 Å². The molecule has 3 rings (SSSR count). The van der Waals surface area contributed by atoms with Gasteiger partial charge in [-0.05, 0) is 25.5 Å². The van der Waals surface area contributed by atoms with E-state index in [1.807, 2.05) is 6.92 Å². The molecule has 2 fully saturated rings. The quantitative estimate of drug-likeness (QED) is 0.840. The van der Waals surface area contributed by atoms with Crippen molar-refractivity contribution >= 4 is 10.1 Å². The van der Waals surface area contributed by atoms with E-state index in [1.165, 1.54) is 0 Å². The number of hydrogen-bond donors (Lipinski definition) is 1. The van der Waals surface area contributed by atoms with E-state index in [0.717, 1.165) is 18.6 Å². The lowest BCUT2D eigenvalue weighted by Crippen LogP contribution is -2.18. The second kappa shape index (κ2) is 8.03. The van der Waals surface area contributed by atoms with E-state index in [4.69, 9.17) is 18.8 Å². The number of aryl methyl sites for hydroxylation is 1. The molecule has 0 aliphatic carbocycles. The van der Waals surface area contributed by atoms with Crippen LogP contribution in [0.4, 0.5) is 0 Å². The molecule has 0 bridgehead atoms. The Morgan fingerprint density at radius 1 is 1.09 bits per heavy atom. The van der Waals surface area contributed by atoms with Gasteiger partial charge in [-0.3, -0.25) is 4.18 Å². The average Bonchev–Trinajstić information content (AvgIpc) is 3.13. The molecule has 2 heterocycles. The lowest BCUT2D eigenvalue weighted by Gasteiger charge is -2.10. The largest absolute Gasteiger partial charge is 0.391 e. The molecule has 22 heavy (non-hydrogen) atoms.